The third-order valence-corrected chi connectivity index (χ3v) is 3.70. The molecule has 8 nitrogen and oxygen atoms in total. The largest absolute Gasteiger partial charge is 0.420 e. The van der Waals surface area contributed by atoms with Crippen molar-refractivity contribution in [3.05, 3.63) is 29.1 Å². The topological polar surface area (TPSA) is 89.5 Å². The number of hydrogen-bond donors (Lipinski definition) is 0. The Morgan fingerprint density at radius 2 is 0.939 bits per heavy atom. The second-order valence-corrected chi connectivity index (χ2v) is 6.14. The molecule has 0 fully saturated rings. The highest BCUT2D eigenvalue weighted by Crippen LogP contribution is 2.29. The lowest BCUT2D eigenvalue weighted by molar-refractivity contribution is -0.136. The van der Waals surface area contributed by atoms with Gasteiger partial charge in [-0.1, -0.05) is 0 Å². The van der Waals surface area contributed by atoms with Crippen molar-refractivity contribution in [3.8, 4) is 5.75 Å². The molecule has 1 aromatic rings. The van der Waals surface area contributed by atoms with Crippen molar-refractivity contribution in [1.29, 1.82) is 0 Å². The maximum Gasteiger partial charge on any atom is 0.313 e. The fraction of sp³-hybridized carbons (Fsp3) is 0.600. The molecule has 0 aromatic heterocycles. The average molecular weight is 488 g/mol. The summed E-state index contributed by atoms with van der Waals surface area (Å²) in [5.74, 6) is -14.1. The van der Waals surface area contributed by atoms with E-state index in [0.717, 1.165) is 6.29 Å². The summed E-state index contributed by atoms with van der Waals surface area (Å²) in [7, 11) is 0. The molecule has 0 aliphatic carbocycles. The molecule has 0 amide bonds. The van der Waals surface area contributed by atoms with Crippen molar-refractivity contribution in [1.82, 2.24) is 0 Å². The number of esters is 1. The highest BCUT2D eigenvalue weighted by molar-refractivity contribution is 5.72. The minimum atomic E-state index is -2.35. The van der Waals surface area contributed by atoms with Gasteiger partial charge in [0.15, 0.2) is 0 Å². The van der Waals surface area contributed by atoms with E-state index in [9.17, 15) is 31.5 Å². The Morgan fingerprint density at radius 3 is 1.36 bits per heavy atom. The number of carbonyl (C=O) groups excluding carboxylic acids is 2. The first-order valence-corrected chi connectivity index (χ1v) is 9.94. The Balaban J connectivity index is 1.99. The maximum absolute atomic E-state index is 13.4. The Hall–Kier alpha value is -2.19. The summed E-state index contributed by atoms with van der Waals surface area (Å²) in [4.78, 5) is 21.6. The Morgan fingerprint density at radius 1 is 0.576 bits per heavy atom. The molecule has 0 unspecified atom stereocenters. The molecule has 0 saturated carbocycles. The fourth-order valence-electron chi connectivity index (χ4n) is 2.11. The maximum atomic E-state index is 13.4. The Bertz CT molecular complexity index is 706. The quantitative estimate of drug-likeness (QED) is 0.0558. The van der Waals surface area contributed by atoms with Gasteiger partial charge in [-0.05, 0) is 0 Å². The van der Waals surface area contributed by atoms with Crippen LogP contribution in [-0.2, 0) is 33.3 Å². The summed E-state index contributed by atoms with van der Waals surface area (Å²) in [6.45, 7) is 2.52. The van der Waals surface area contributed by atoms with Gasteiger partial charge >= 0.3 is 5.97 Å². The monoisotopic (exact) mass is 488 g/mol. The predicted octanol–water partition coefficient (Wildman–Crippen LogP) is 2.35. The van der Waals surface area contributed by atoms with E-state index in [0.29, 0.717) is 46.1 Å². The first-order chi connectivity index (χ1) is 15.9. The van der Waals surface area contributed by atoms with Crippen molar-refractivity contribution in [2.45, 2.75) is 12.8 Å². The summed E-state index contributed by atoms with van der Waals surface area (Å²) in [5, 5.41) is 0. The molecule has 0 spiro atoms. The molecule has 13 heteroatoms. The molecule has 0 aliphatic heterocycles. The van der Waals surface area contributed by atoms with Gasteiger partial charge in [-0.3, -0.25) is 4.79 Å². The number of halogens is 5. The number of carbonyl (C=O) groups is 2. The Kier molecular flexibility index (Phi) is 15.1. The summed E-state index contributed by atoms with van der Waals surface area (Å²) in [5.41, 5.74) is 0. The van der Waals surface area contributed by atoms with Crippen LogP contribution >= 0.6 is 0 Å². The first kappa shape index (κ1) is 28.8. The van der Waals surface area contributed by atoms with Crippen molar-refractivity contribution < 1.29 is 60.0 Å². The van der Waals surface area contributed by atoms with Gasteiger partial charge in [0.05, 0.1) is 72.5 Å². The fourth-order valence-corrected chi connectivity index (χ4v) is 2.11. The van der Waals surface area contributed by atoms with Crippen LogP contribution in [0.5, 0.6) is 5.75 Å². The summed E-state index contributed by atoms with van der Waals surface area (Å²) < 4.78 is 96.0. The summed E-state index contributed by atoms with van der Waals surface area (Å²) in [6, 6.07) is 0. The van der Waals surface area contributed by atoms with Crippen molar-refractivity contribution in [2.75, 3.05) is 66.1 Å². The minimum Gasteiger partial charge on any atom is -0.420 e. The second-order valence-electron chi connectivity index (χ2n) is 6.14. The van der Waals surface area contributed by atoms with Crippen LogP contribution in [0.3, 0.4) is 0 Å². The predicted molar refractivity (Wildman–Crippen MR) is 101 cm³/mol. The molecule has 0 atom stereocenters. The van der Waals surface area contributed by atoms with E-state index >= 15 is 0 Å². The molecular formula is C20H25F5O8. The van der Waals surface area contributed by atoms with Crippen LogP contribution < -0.4 is 4.74 Å². The summed E-state index contributed by atoms with van der Waals surface area (Å²) in [6.07, 6.45) is 0.647. The number of ether oxygens (including phenoxy) is 6. The van der Waals surface area contributed by atoms with Gasteiger partial charge in [-0.2, -0.15) is 8.78 Å². The van der Waals surface area contributed by atoms with Crippen molar-refractivity contribution >= 4 is 12.3 Å². The molecule has 1 rings (SSSR count). The van der Waals surface area contributed by atoms with Gasteiger partial charge in [0.2, 0.25) is 34.8 Å². The molecule has 0 heterocycles. The van der Waals surface area contributed by atoms with E-state index in [1.54, 1.807) is 0 Å². The lowest BCUT2D eigenvalue weighted by atomic mass is 10.2. The van der Waals surface area contributed by atoms with E-state index in [2.05, 4.69) is 4.74 Å². The number of hydrogen-bond acceptors (Lipinski definition) is 8. The summed E-state index contributed by atoms with van der Waals surface area (Å²) >= 11 is 0. The highest BCUT2D eigenvalue weighted by Gasteiger charge is 2.28. The zero-order valence-electron chi connectivity index (χ0n) is 17.7. The number of rotatable bonds is 19. The van der Waals surface area contributed by atoms with Crippen molar-refractivity contribution in [3.63, 3.8) is 0 Å². The molecule has 0 aliphatic rings. The molecule has 0 saturated heterocycles. The van der Waals surface area contributed by atoms with Gasteiger partial charge in [-0.25, -0.2) is 13.2 Å². The normalized spacial score (nSPS) is 11.1. The van der Waals surface area contributed by atoms with Gasteiger partial charge in [0, 0.05) is 6.42 Å². The van der Waals surface area contributed by atoms with Gasteiger partial charge in [0.25, 0.3) is 0 Å². The van der Waals surface area contributed by atoms with Crippen LogP contribution in [0.1, 0.15) is 12.8 Å². The molecule has 0 bridgehead atoms. The van der Waals surface area contributed by atoms with E-state index in [4.69, 9.17) is 23.7 Å². The lowest BCUT2D eigenvalue weighted by Gasteiger charge is -2.09. The third-order valence-electron chi connectivity index (χ3n) is 3.70. The molecule has 0 N–H and O–H groups in total. The molecule has 33 heavy (non-hydrogen) atoms. The van der Waals surface area contributed by atoms with E-state index < -0.39 is 47.2 Å². The van der Waals surface area contributed by atoms with Crippen LogP contribution in [0.4, 0.5) is 22.0 Å². The average Bonchev–Trinajstić information content (AvgIpc) is 2.81. The molecule has 188 valence electrons. The zero-order chi connectivity index (χ0) is 24.5. The number of benzene rings is 1. The molecular weight excluding hydrogens is 463 g/mol. The van der Waals surface area contributed by atoms with Crippen LogP contribution in [0.2, 0.25) is 0 Å². The molecule has 1 aromatic carbocycles. The first-order valence-electron chi connectivity index (χ1n) is 9.94. The van der Waals surface area contributed by atoms with E-state index in [-0.39, 0.29) is 26.4 Å². The van der Waals surface area contributed by atoms with Gasteiger partial charge in [0.1, 0.15) is 6.29 Å². The minimum absolute atomic E-state index is 0.0863. The van der Waals surface area contributed by atoms with Gasteiger partial charge < -0.3 is 33.2 Å². The Labute approximate surface area is 186 Å². The molecule has 0 radical (unpaired) electrons. The SMILES string of the molecule is O=CCCOCCOCCOCCOCCOCCC(=O)Oc1c(F)c(F)c(F)c(F)c1F. The zero-order valence-corrected chi connectivity index (χ0v) is 17.7. The smallest absolute Gasteiger partial charge is 0.313 e. The number of aldehydes is 1. The lowest BCUT2D eigenvalue weighted by Crippen LogP contribution is -2.16. The van der Waals surface area contributed by atoms with Crippen LogP contribution in [0.25, 0.3) is 0 Å². The third kappa shape index (κ3) is 11.5. The van der Waals surface area contributed by atoms with Crippen molar-refractivity contribution in [2.24, 2.45) is 0 Å². The van der Waals surface area contributed by atoms with E-state index in [1.807, 2.05) is 0 Å². The van der Waals surface area contributed by atoms with Crippen LogP contribution in [0.15, 0.2) is 0 Å². The second kappa shape index (κ2) is 17.3. The van der Waals surface area contributed by atoms with Crippen LogP contribution in [-0.4, -0.2) is 78.3 Å². The van der Waals surface area contributed by atoms with Gasteiger partial charge in [-0.15, -0.1) is 0 Å². The van der Waals surface area contributed by atoms with Crippen LogP contribution in [0, 0.1) is 29.1 Å². The highest BCUT2D eigenvalue weighted by atomic mass is 19.2. The standard InChI is InChI=1S/C20H25F5O8/c21-15-16(22)18(24)20(19(25)17(15)23)33-14(27)2-5-29-7-9-31-11-13-32-12-10-30-8-6-28-4-1-3-26/h3H,1-2,4-13H2. The van der Waals surface area contributed by atoms with E-state index in [1.165, 1.54) is 0 Å².